The van der Waals surface area contributed by atoms with Crippen molar-refractivity contribution in [3.63, 3.8) is 0 Å². The summed E-state index contributed by atoms with van der Waals surface area (Å²) in [4.78, 5) is 36.9. The Morgan fingerprint density at radius 3 is 2.61 bits per heavy atom. The fourth-order valence-electron chi connectivity index (χ4n) is 3.61. The molecule has 2 heterocycles. The van der Waals surface area contributed by atoms with Gasteiger partial charge in [-0.15, -0.1) is 0 Å². The number of β-lactam (4-membered cyclic amide) rings is 1. The van der Waals surface area contributed by atoms with E-state index in [0.717, 1.165) is 0 Å². The van der Waals surface area contributed by atoms with Gasteiger partial charge in [0.1, 0.15) is 18.8 Å². The second-order valence-electron chi connectivity index (χ2n) is 9.81. The van der Waals surface area contributed by atoms with Crippen molar-refractivity contribution in [1.82, 2.24) is 5.32 Å². The lowest BCUT2D eigenvalue weighted by molar-refractivity contribution is -0.161. The van der Waals surface area contributed by atoms with Gasteiger partial charge in [-0.1, -0.05) is 33.4 Å². The molecule has 9 heteroatoms. The topological polar surface area (TPSA) is 100 Å². The minimum atomic E-state index is -1.87. The van der Waals surface area contributed by atoms with Crippen molar-refractivity contribution < 1.29 is 33.0 Å². The molecule has 0 aromatic rings. The highest BCUT2D eigenvalue weighted by Gasteiger charge is 2.52. The summed E-state index contributed by atoms with van der Waals surface area (Å²) < 4.78 is 22.0. The molecule has 5 unspecified atom stereocenters. The number of hydrogen-bond donors (Lipinski definition) is 1. The summed E-state index contributed by atoms with van der Waals surface area (Å²) in [6.07, 6.45) is 0.341. The Kier molecular flexibility index (Phi) is 8.46. The van der Waals surface area contributed by atoms with Crippen molar-refractivity contribution in [3.05, 3.63) is 12.7 Å². The fourth-order valence-corrected chi connectivity index (χ4v) is 4.67. The van der Waals surface area contributed by atoms with E-state index in [1.807, 2.05) is 0 Å². The second kappa shape index (κ2) is 10.3. The zero-order chi connectivity index (χ0) is 23.4. The van der Waals surface area contributed by atoms with E-state index in [9.17, 15) is 14.4 Å². The van der Waals surface area contributed by atoms with Gasteiger partial charge in [0, 0.05) is 19.1 Å². The summed E-state index contributed by atoms with van der Waals surface area (Å²) in [5.74, 6) is -1.13. The van der Waals surface area contributed by atoms with E-state index in [0.29, 0.717) is 26.1 Å². The predicted molar refractivity (Wildman–Crippen MR) is 118 cm³/mol. The van der Waals surface area contributed by atoms with E-state index < -0.39 is 38.6 Å². The second-order valence-corrected chi connectivity index (χ2v) is 14.6. The van der Waals surface area contributed by atoms with Gasteiger partial charge in [-0.05, 0) is 37.9 Å². The van der Waals surface area contributed by atoms with Gasteiger partial charge in [0.25, 0.3) is 0 Å². The number of ether oxygens (including phenoxy) is 3. The molecule has 2 aliphatic rings. The van der Waals surface area contributed by atoms with E-state index in [1.54, 1.807) is 6.92 Å². The largest absolute Gasteiger partial charge is 0.508 e. The molecule has 1 amide bonds. The molecule has 5 atom stereocenters. The molecule has 0 spiro atoms. The van der Waals surface area contributed by atoms with Gasteiger partial charge in [0.05, 0.1) is 12.0 Å². The molecule has 31 heavy (non-hydrogen) atoms. The first-order valence-corrected chi connectivity index (χ1v) is 13.8. The number of rotatable bonds is 9. The van der Waals surface area contributed by atoms with Gasteiger partial charge in [0.15, 0.2) is 14.1 Å². The third-order valence-electron chi connectivity index (χ3n) is 6.61. The van der Waals surface area contributed by atoms with Crippen LogP contribution < -0.4 is 5.32 Å². The van der Waals surface area contributed by atoms with E-state index in [1.165, 1.54) is 6.08 Å². The Morgan fingerprint density at radius 1 is 1.35 bits per heavy atom. The zero-order valence-corrected chi connectivity index (χ0v) is 20.6. The van der Waals surface area contributed by atoms with Crippen molar-refractivity contribution in [2.75, 3.05) is 19.8 Å². The maximum atomic E-state index is 13.1. The molecule has 1 N–H and O–H groups in total. The summed E-state index contributed by atoms with van der Waals surface area (Å²) in [6.45, 7) is 17.0. The lowest BCUT2D eigenvalue weighted by atomic mass is 9.77. The molecule has 0 aromatic heterocycles. The number of nitrogens with one attached hydrogen (secondary N) is 1. The zero-order valence-electron chi connectivity index (χ0n) is 19.6. The van der Waals surface area contributed by atoms with Crippen LogP contribution in [0.25, 0.3) is 0 Å². The summed E-state index contributed by atoms with van der Waals surface area (Å²) >= 11 is 0. The molecule has 0 saturated carbocycles. The number of ketones is 1. The average molecular weight is 456 g/mol. The first-order chi connectivity index (χ1) is 14.4. The molecular formula is C22H37NO7Si. The van der Waals surface area contributed by atoms with Crippen LogP contribution in [0.4, 0.5) is 4.79 Å². The van der Waals surface area contributed by atoms with Crippen molar-refractivity contribution in [2.45, 2.75) is 76.9 Å². The smallest absolute Gasteiger partial charge is 0.430 e. The van der Waals surface area contributed by atoms with Gasteiger partial charge in [-0.25, -0.2) is 4.79 Å². The quantitative estimate of drug-likeness (QED) is 0.247. The lowest BCUT2D eigenvalue weighted by Gasteiger charge is -2.45. The van der Waals surface area contributed by atoms with Crippen LogP contribution in [0.3, 0.4) is 0 Å². The highest BCUT2D eigenvalue weighted by molar-refractivity contribution is 6.74. The molecule has 2 aliphatic heterocycles. The van der Waals surface area contributed by atoms with E-state index in [-0.39, 0.29) is 29.3 Å². The maximum absolute atomic E-state index is 13.1. The Morgan fingerprint density at radius 2 is 2.03 bits per heavy atom. The van der Waals surface area contributed by atoms with Crippen LogP contribution in [-0.2, 0) is 28.2 Å². The van der Waals surface area contributed by atoms with Crippen LogP contribution in [-0.4, -0.2) is 64.2 Å². The van der Waals surface area contributed by atoms with Crippen LogP contribution in [0.5, 0.6) is 0 Å². The lowest BCUT2D eigenvalue weighted by Crippen LogP contribution is -2.69. The van der Waals surface area contributed by atoms with Crippen LogP contribution in [0, 0.1) is 11.8 Å². The maximum Gasteiger partial charge on any atom is 0.508 e. The van der Waals surface area contributed by atoms with Crippen LogP contribution in [0.15, 0.2) is 12.7 Å². The number of carbonyl (C=O) groups is 3. The minimum Gasteiger partial charge on any atom is -0.430 e. The molecule has 0 aromatic carbocycles. The normalized spacial score (nSPS) is 27.7. The van der Waals surface area contributed by atoms with Crippen LogP contribution >= 0.6 is 0 Å². The third kappa shape index (κ3) is 6.17. The molecule has 0 radical (unpaired) electrons. The highest BCUT2D eigenvalue weighted by Crippen LogP contribution is 2.37. The fraction of sp³-hybridized carbons (Fsp3) is 0.773. The minimum absolute atomic E-state index is 0.0225. The number of carbonyl (C=O) groups excluding carboxylic acids is 3. The van der Waals surface area contributed by atoms with Gasteiger partial charge < -0.3 is 24.0 Å². The third-order valence-corrected chi connectivity index (χ3v) is 11.2. The summed E-state index contributed by atoms with van der Waals surface area (Å²) in [5.41, 5.74) is 0. The first-order valence-electron chi connectivity index (χ1n) is 10.9. The molecule has 2 fully saturated rings. The van der Waals surface area contributed by atoms with Crippen LogP contribution in [0.2, 0.25) is 18.1 Å². The van der Waals surface area contributed by atoms with Crippen molar-refractivity contribution in [3.8, 4) is 0 Å². The van der Waals surface area contributed by atoms with Gasteiger partial charge >= 0.3 is 6.16 Å². The highest BCUT2D eigenvalue weighted by atomic mass is 28.4. The monoisotopic (exact) mass is 455 g/mol. The van der Waals surface area contributed by atoms with E-state index >= 15 is 0 Å². The molecule has 8 nitrogen and oxygen atoms in total. The Labute approximate surface area is 186 Å². The summed E-state index contributed by atoms with van der Waals surface area (Å²) in [7, 11) is -1.87. The average Bonchev–Trinajstić information content (AvgIpc) is 2.65. The standard InChI is InChI=1S/C22H37NO7Si/c1-8-11-28-21(26)30-14(2)16-17(23-20(16)25)19-18(24)15(9-12-27-19)10-13-29-31(6,7)22(3,4)5/h8,14-17,19H,1,9-13H2,2-7H3,(H,23,25). The molecule has 0 aliphatic carbocycles. The SMILES string of the molecule is C=CCOC(=O)OC(C)C1C(=O)NC1C1OCCC(CCO[Si](C)(C)C(C)(C)C)C1=O. The van der Waals surface area contributed by atoms with Crippen molar-refractivity contribution in [1.29, 1.82) is 0 Å². The number of Topliss-reactive ketones (excluding diaryl/α,β-unsaturated/α-hetero) is 1. The van der Waals surface area contributed by atoms with Gasteiger partial charge in [0.2, 0.25) is 5.91 Å². The van der Waals surface area contributed by atoms with Crippen molar-refractivity contribution in [2.24, 2.45) is 11.8 Å². The van der Waals surface area contributed by atoms with E-state index in [4.69, 9.17) is 18.6 Å². The molecule has 0 bridgehead atoms. The molecular weight excluding hydrogens is 418 g/mol. The van der Waals surface area contributed by atoms with Gasteiger partial charge in [-0.3, -0.25) is 9.59 Å². The van der Waals surface area contributed by atoms with Crippen molar-refractivity contribution >= 4 is 26.2 Å². The first kappa shape index (κ1) is 25.5. The molecule has 2 saturated heterocycles. The summed E-state index contributed by atoms with van der Waals surface area (Å²) in [6, 6.07) is -0.522. The molecule has 176 valence electrons. The van der Waals surface area contributed by atoms with E-state index in [2.05, 4.69) is 45.8 Å². The Balaban J connectivity index is 1.93. The summed E-state index contributed by atoms with van der Waals surface area (Å²) in [5, 5.41) is 2.87. The Bertz CT molecular complexity index is 688. The number of amides is 1. The number of hydrogen-bond acceptors (Lipinski definition) is 7. The molecule has 2 rings (SSSR count). The van der Waals surface area contributed by atoms with Crippen LogP contribution in [0.1, 0.15) is 40.5 Å². The van der Waals surface area contributed by atoms with Gasteiger partial charge in [-0.2, -0.15) is 0 Å². The Hall–Kier alpha value is -1.71. The predicted octanol–water partition coefficient (Wildman–Crippen LogP) is 3.21.